The first kappa shape index (κ1) is 8.86. The Morgan fingerprint density at radius 2 is 2.50 bits per heavy atom. The van der Waals surface area contributed by atoms with E-state index in [4.69, 9.17) is 5.73 Å². The van der Waals surface area contributed by atoms with Crippen LogP contribution in [0, 0.1) is 0 Å². The van der Waals surface area contributed by atoms with E-state index in [1.54, 1.807) is 20.2 Å². The molecule has 0 spiro atoms. The molecule has 1 unspecified atom stereocenters. The highest BCUT2D eigenvalue weighted by Gasteiger charge is 2.11. The number of carbonyl (C=O) groups is 1. The Labute approximate surface area is 70.6 Å². The molecule has 1 heterocycles. The quantitative estimate of drug-likeness (QED) is 0.631. The Bertz CT molecular complexity index is 279. The Hall–Kier alpha value is -1.23. The molecule has 0 aliphatic rings. The summed E-state index contributed by atoms with van der Waals surface area (Å²) in [6.45, 7) is 1.79. The Balaban J connectivity index is 2.65. The number of aromatic nitrogens is 3. The number of aryl methyl sites for hydroxylation is 1. The van der Waals surface area contributed by atoms with Crippen LogP contribution >= 0.6 is 0 Å². The van der Waals surface area contributed by atoms with E-state index in [9.17, 15) is 4.79 Å². The lowest BCUT2D eigenvalue weighted by atomic mass is 10.1. The molecule has 1 atom stereocenters. The molecule has 1 aromatic heterocycles. The smallest absolute Gasteiger partial charge is 0.186 e. The van der Waals surface area contributed by atoms with Gasteiger partial charge in [0, 0.05) is 19.5 Å². The van der Waals surface area contributed by atoms with Crippen LogP contribution in [0.25, 0.3) is 0 Å². The van der Waals surface area contributed by atoms with Crippen molar-refractivity contribution in [3.05, 3.63) is 11.9 Å². The van der Waals surface area contributed by atoms with E-state index in [0.717, 1.165) is 0 Å². The molecule has 5 nitrogen and oxygen atoms in total. The molecule has 0 saturated heterocycles. The van der Waals surface area contributed by atoms with Crippen LogP contribution in [0.5, 0.6) is 0 Å². The molecule has 1 rings (SSSR count). The molecule has 0 aromatic carbocycles. The number of hydrogen-bond donors (Lipinski definition) is 1. The van der Waals surface area contributed by atoms with Crippen molar-refractivity contribution < 1.29 is 4.79 Å². The van der Waals surface area contributed by atoms with E-state index in [1.807, 2.05) is 0 Å². The van der Waals surface area contributed by atoms with Gasteiger partial charge in [-0.15, -0.1) is 5.10 Å². The minimum absolute atomic E-state index is 0.0573. The predicted molar refractivity (Wildman–Crippen MR) is 43.6 cm³/mol. The number of rotatable bonds is 3. The van der Waals surface area contributed by atoms with Crippen molar-refractivity contribution in [3.8, 4) is 0 Å². The minimum Gasteiger partial charge on any atom is -0.328 e. The molecule has 1 aromatic rings. The van der Waals surface area contributed by atoms with Gasteiger partial charge in [-0.25, -0.2) is 0 Å². The van der Waals surface area contributed by atoms with Gasteiger partial charge in [0.2, 0.25) is 0 Å². The van der Waals surface area contributed by atoms with Crippen molar-refractivity contribution in [2.45, 2.75) is 19.4 Å². The van der Waals surface area contributed by atoms with Crippen LogP contribution in [-0.2, 0) is 7.05 Å². The van der Waals surface area contributed by atoms with Crippen LogP contribution < -0.4 is 5.73 Å². The summed E-state index contributed by atoms with van der Waals surface area (Å²) in [4.78, 5) is 11.3. The first-order valence-electron chi connectivity index (χ1n) is 3.74. The maximum absolute atomic E-state index is 11.3. The SMILES string of the molecule is CC(N)CC(=O)c1cn(C)nn1. The van der Waals surface area contributed by atoms with Crippen LogP contribution in [0.2, 0.25) is 0 Å². The minimum atomic E-state index is -0.125. The Morgan fingerprint density at radius 3 is 2.92 bits per heavy atom. The summed E-state index contributed by atoms with van der Waals surface area (Å²) in [5.41, 5.74) is 5.85. The largest absolute Gasteiger partial charge is 0.328 e. The van der Waals surface area contributed by atoms with Gasteiger partial charge in [0.25, 0.3) is 0 Å². The van der Waals surface area contributed by atoms with Gasteiger partial charge in [0.15, 0.2) is 5.78 Å². The van der Waals surface area contributed by atoms with Gasteiger partial charge in [-0.2, -0.15) is 0 Å². The second kappa shape index (κ2) is 3.44. The molecular formula is C7H12N4O. The lowest BCUT2D eigenvalue weighted by Crippen LogP contribution is -2.19. The maximum Gasteiger partial charge on any atom is 0.186 e. The normalized spacial score (nSPS) is 12.9. The van der Waals surface area contributed by atoms with Crippen molar-refractivity contribution in [2.24, 2.45) is 12.8 Å². The second-order valence-electron chi connectivity index (χ2n) is 2.88. The number of ketones is 1. The van der Waals surface area contributed by atoms with Crippen LogP contribution in [0.4, 0.5) is 0 Å². The van der Waals surface area contributed by atoms with Crippen molar-refractivity contribution in [1.29, 1.82) is 0 Å². The third-order valence-corrected chi connectivity index (χ3v) is 1.40. The summed E-state index contributed by atoms with van der Waals surface area (Å²) < 4.78 is 1.49. The van der Waals surface area contributed by atoms with E-state index < -0.39 is 0 Å². The average Bonchev–Trinajstić information content (AvgIpc) is 2.34. The number of nitrogens with zero attached hydrogens (tertiary/aromatic N) is 3. The lowest BCUT2D eigenvalue weighted by molar-refractivity contribution is 0.0971. The zero-order valence-corrected chi connectivity index (χ0v) is 7.19. The molecule has 66 valence electrons. The molecule has 0 aliphatic heterocycles. The van der Waals surface area contributed by atoms with E-state index in [-0.39, 0.29) is 11.8 Å². The molecule has 0 radical (unpaired) electrons. The van der Waals surface area contributed by atoms with Crippen LogP contribution in [0.15, 0.2) is 6.20 Å². The van der Waals surface area contributed by atoms with Gasteiger partial charge in [0.05, 0.1) is 6.20 Å². The summed E-state index contributed by atoms with van der Waals surface area (Å²) in [5, 5.41) is 7.33. The first-order valence-corrected chi connectivity index (χ1v) is 3.74. The van der Waals surface area contributed by atoms with Gasteiger partial charge in [-0.3, -0.25) is 9.48 Å². The summed E-state index contributed by atoms with van der Waals surface area (Å²) in [6, 6.07) is -0.125. The zero-order chi connectivity index (χ0) is 9.14. The van der Waals surface area contributed by atoms with E-state index >= 15 is 0 Å². The maximum atomic E-state index is 11.3. The molecule has 5 heteroatoms. The fraction of sp³-hybridized carbons (Fsp3) is 0.571. The van der Waals surface area contributed by atoms with E-state index in [1.165, 1.54) is 4.68 Å². The summed E-state index contributed by atoms with van der Waals surface area (Å²) in [7, 11) is 1.72. The van der Waals surface area contributed by atoms with Crippen LogP contribution in [-0.4, -0.2) is 26.8 Å². The van der Waals surface area contributed by atoms with Crippen molar-refractivity contribution in [3.63, 3.8) is 0 Å². The highest BCUT2D eigenvalue weighted by Crippen LogP contribution is 1.99. The van der Waals surface area contributed by atoms with Crippen molar-refractivity contribution in [2.75, 3.05) is 0 Å². The molecule has 0 aliphatic carbocycles. The molecule has 0 bridgehead atoms. The molecule has 2 N–H and O–H groups in total. The fourth-order valence-electron chi connectivity index (χ4n) is 0.872. The third kappa shape index (κ3) is 2.13. The Morgan fingerprint density at radius 1 is 1.83 bits per heavy atom. The molecular weight excluding hydrogens is 156 g/mol. The van der Waals surface area contributed by atoms with Gasteiger partial charge < -0.3 is 5.73 Å². The summed E-state index contributed by atoms with van der Waals surface area (Å²) in [5.74, 6) is -0.0573. The monoisotopic (exact) mass is 168 g/mol. The van der Waals surface area contributed by atoms with Crippen molar-refractivity contribution >= 4 is 5.78 Å². The highest BCUT2D eigenvalue weighted by atomic mass is 16.1. The number of Topliss-reactive ketones (excluding diaryl/α,β-unsaturated/α-hetero) is 1. The second-order valence-corrected chi connectivity index (χ2v) is 2.88. The molecule has 0 saturated carbocycles. The summed E-state index contributed by atoms with van der Waals surface area (Å²) in [6.07, 6.45) is 1.91. The van der Waals surface area contributed by atoms with Crippen LogP contribution in [0.1, 0.15) is 23.8 Å². The van der Waals surface area contributed by atoms with Crippen LogP contribution in [0.3, 0.4) is 0 Å². The fourth-order valence-corrected chi connectivity index (χ4v) is 0.872. The number of hydrogen-bond acceptors (Lipinski definition) is 4. The number of nitrogens with two attached hydrogens (primary N) is 1. The van der Waals surface area contributed by atoms with E-state index in [0.29, 0.717) is 12.1 Å². The molecule has 12 heavy (non-hydrogen) atoms. The zero-order valence-electron chi connectivity index (χ0n) is 7.19. The first-order chi connectivity index (χ1) is 5.59. The molecule has 0 fully saturated rings. The average molecular weight is 168 g/mol. The highest BCUT2D eigenvalue weighted by molar-refractivity contribution is 5.94. The Kier molecular flexibility index (Phi) is 2.54. The third-order valence-electron chi connectivity index (χ3n) is 1.40. The topological polar surface area (TPSA) is 73.8 Å². The van der Waals surface area contributed by atoms with Gasteiger partial charge >= 0.3 is 0 Å². The number of carbonyl (C=O) groups excluding carboxylic acids is 1. The standard InChI is InChI=1S/C7H12N4O/c1-5(8)3-7(12)6-4-11(2)10-9-6/h4-5H,3,8H2,1-2H3. The van der Waals surface area contributed by atoms with Gasteiger partial charge in [0.1, 0.15) is 5.69 Å². The van der Waals surface area contributed by atoms with Gasteiger partial charge in [-0.1, -0.05) is 5.21 Å². The van der Waals surface area contributed by atoms with Crippen molar-refractivity contribution in [1.82, 2.24) is 15.0 Å². The summed E-state index contributed by atoms with van der Waals surface area (Å²) >= 11 is 0. The van der Waals surface area contributed by atoms with E-state index in [2.05, 4.69) is 10.3 Å². The lowest BCUT2D eigenvalue weighted by Gasteiger charge is -1.99. The van der Waals surface area contributed by atoms with Gasteiger partial charge in [-0.05, 0) is 6.92 Å². The predicted octanol–water partition coefficient (Wildman–Crippen LogP) is -0.265. The molecule has 0 amide bonds.